The Hall–Kier alpha value is -1.68. The number of thiophene rings is 1. The van der Waals surface area contributed by atoms with Gasteiger partial charge in [-0.2, -0.15) is 0 Å². The van der Waals surface area contributed by atoms with E-state index in [2.05, 4.69) is 18.0 Å². The molecule has 0 saturated carbocycles. The van der Waals surface area contributed by atoms with Crippen LogP contribution in [0, 0.1) is 0 Å². The van der Waals surface area contributed by atoms with Crippen molar-refractivity contribution >= 4 is 17.2 Å². The lowest BCUT2D eigenvalue weighted by Gasteiger charge is -1.99. The number of hydrogen-bond donors (Lipinski definition) is 1. The van der Waals surface area contributed by atoms with Gasteiger partial charge in [-0.1, -0.05) is 6.92 Å². The highest BCUT2D eigenvalue weighted by Crippen LogP contribution is 2.28. The first-order chi connectivity index (χ1) is 7.70. The number of rotatable bonds is 3. The molecule has 0 fully saturated rings. The first-order valence-electron chi connectivity index (χ1n) is 5.04. The summed E-state index contributed by atoms with van der Waals surface area (Å²) >= 11 is 1.71. The molecule has 0 spiro atoms. The molecule has 0 aromatic carbocycles. The second kappa shape index (κ2) is 4.45. The molecule has 16 heavy (non-hydrogen) atoms. The smallest absolute Gasteiger partial charge is 0.250 e. The van der Waals surface area contributed by atoms with E-state index in [0.717, 1.165) is 16.9 Å². The Labute approximate surface area is 97.9 Å². The number of pyridine rings is 1. The molecule has 0 bridgehead atoms. The Morgan fingerprint density at radius 3 is 2.88 bits per heavy atom. The fourth-order valence-electron chi connectivity index (χ4n) is 1.43. The van der Waals surface area contributed by atoms with Gasteiger partial charge in [-0.05, 0) is 24.6 Å². The van der Waals surface area contributed by atoms with Crippen LogP contribution in [0.3, 0.4) is 0 Å². The zero-order chi connectivity index (χ0) is 11.5. The lowest BCUT2D eigenvalue weighted by Crippen LogP contribution is -2.11. The third kappa shape index (κ3) is 2.12. The Bertz CT molecular complexity index is 519. The van der Waals surface area contributed by atoms with Crippen LogP contribution in [-0.4, -0.2) is 10.9 Å². The summed E-state index contributed by atoms with van der Waals surface area (Å²) in [5.74, 6) is -0.443. The van der Waals surface area contributed by atoms with Crippen molar-refractivity contribution in [3.63, 3.8) is 0 Å². The molecule has 0 aliphatic carbocycles. The van der Waals surface area contributed by atoms with Crippen LogP contribution in [0.25, 0.3) is 10.4 Å². The minimum atomic E-state index is -0.443. The first-order valence-corrected chi connectivity index (χ1v) is 5.86. The molecule has 1 amide bonds. The zero-order valence-electron chi connectivity index (χ0n) is 8.93. The van der Waals surface area contributed by atoms with Crippen molar-refractivity contribution in [3.8, 4) is 10.4 Å². The van der Waals surface area contributed by atoms with Crippen LogP contribution in [0.1, 0.15) is 22.2 Å². The quantitative estimate of drug-likeness (QED) is 0.883. The molecule has 2 rings (SSSR count). The maximum absolute atomic E-state index is 11.0. The summed E-state index contributed by atoms with van der Waals surface area (Å²) in [6, 6.07) is 5.92. The van der Waals surface area contributed by atoms with Gasteiger partial charge in [-0.15, -0.1) is 11.3 Å². The monoisotopic (exact) mass is 232 g/mol. The second-order valence-electron chi connectivity index (χ2n) is 3.45. The van der Waals surface area contributed by atoms with E-state index >= 15 is 0 Å². The molecule has 2 aromatic rings. The summed E-state index contributed by atoms with van der Waals surface area (Å²) < 4.78 is 0. The van der Waals surface area contributed by atoms with Crippen LogP contribution in [0.15, 0.2) is 30.6 Å². The van der Waals surface area contributed by atoms with E-state index in [-0.39, 0.29) is 0 Å². The van der Waals surface area contributed by atoms with Crippen molar-refractivity contribution < 1.29 is 4.79 Å². The zero-order valence-corrected chi connectivity index (χ0v) is 9.75. The molecule has 2 N–H and O–H groups in total. The number of carbonyl (C=O) groups is 1. The Kier molecular flexibility index (Phi) is 3.01. The Morgan fingerprint density at radius 2 is 2.25 bits per heavy atom. The molecule has 0 atom stereocenters. The lowest BCUT2D eigenvalue weighted by atomic mass is 10.2. The Balaban J connectivity index is 2.40. The molecule has 0 aliphatic rings. The van der Waals surface area contributed by atoms with E-state index < -0.39 is 5.91 Å². The minimum Gasteiger partial charge on any atom is -0.366 e. The van der Waals surface area contributed by atoms with Crippen molar-refractivity contribution in [2.24, 2.45) is 5.73 Å². The molecule has 0 saturated heterocycles. The van der Waals surface area contributed by atoms with Gasteiger partial charge < -0.3 is 5.73 Å². The summed E-state index contributed by atoms with van der Waals surface area (Å²) in [5.41, 5.74) is 6.61. The molecule has 2 heterocycles. The second-order valence-corrected chi connectivity index (χ2v) is 4.61. The average molecular weight is 232 g/mol. The van der Waals surface area contributed by atoms with Gasteiger partial charge in [0.15, 0.2) is 0 Å². The van der Waals surface area contributed by atoms with Gasteiger partial charge in [0.1, 0.15) is 0 Å². The van der Waals surface area contributed by atoms with E-state index in [1.807, 2.05) is 6.07 Å². The average Bonchev–Trinajstić information content (AvgIpc) is 2.77. The number of nitrogens with two attached hydrogens (primary N) is 1. The minimum absolute atomic E-state index is 0.443. The van der Waals surface area contributed by atoms with Crippen LogP contribution in [0.4, 0.5) is 0 Å². The van der Waals surface area contributed by atoms with Gasteiger partial charge in [0, 0.05) is 27.7 Å². The molecule has 2 aromatic heterocycles. The summed E-state index contributed by atoms with van der Waals surface area (Å²) in [6.45, 7) is 2.12. The van der Waals surface area contributed by atoms with Gasteiger partial charge in [-0.25, -0.2) is 0 Å². The fraction of sp³-hybridized carbons (Fsp3) is 0.167. The number of aryl methyl sites for hydroxylation is 1. The third-order valence-corrected chi connectivity index (χ3v) is 3.60. The number of hydrogen-bond acceptors (Lipinski definition) is 3. The standard InChI is InChI=1S/C12H12N2OS/c1-2-10-3-4-11(16-10)8-5-9(12(13)15)7-14-6-8/h3-7H,2H2,1H3,(H2,13,15). The summed E-state index contributed by atoms with van der Waals surface area (Å²) in [4.78, 5) is 17.5. The highest BCUT2D eigenvalue weighted by molar-refractivity contribution is 7.15. The first kappa shape index (κ1) is 10.8. The van der Waals surface area contributed by atoms with E-state index in [4.69, 9.17) is 5.73 Å². The topological polar surface area (TPSA) is 56.0 Å². The Morgan fingerprint density at radius 1 is 1.44 bits per heavy atom. The molecule has 4 heteroatoms. The maximum atomic E-state index is 11.0. The van der Waals surface area contributed by atoms with Crippen molar-refractivity contribution in [2.45, 2.75) is 13.3 Å². The highest BCUT2D eigenvalue weighted by Gasteiger charge is 2.06. The number of nitrogens with zero attached hydrogens (tertiary/aromatic N) is 1. The summed E-state index contributed by atoms with van der Waals surface area (Å²) in [7, 11) is 0. The number of primary amides is 1. The van der Waals surface area contributed by atoms with E-state index in [1.54, 1.807) is 23.6 Å². The van der Waals surface area contributed by atoms with Gasteiger partial charge >= 0.3 is 0 Å². The highest BCUT2D eigenvalue weighted by atomic mass is 32.1. The van der Waals surface area contributed by atoms with Crippen LogP contribution in [0.5, 0.6) is 0 Å². The fourth-order valence-corrected chi connectivity index (χ4v) is 2.36. The van der Waals surface area contributed by atoms with Crippen molar-refractivity contribution in [3.05, 3.63) is 41.0 Å². The van der Waals surface area contributed by atoms with Gasteiger partial charge in [0.2, 0.25) is 5.91 Å². The largest absolute Gasteiger partial charge is 0.366 e. The molecule has 0 aliphatic heterocycles. The molecule has 3 nitrogen and oxygen atoms in total. The molecule has 0 unspecified atom stereocenters. The van der Waals surface area contributed by atoms with Crippen molar-refractivity contribution in [1.82, 2.24) is 4.98 Å². The van der Waals surface area contributed by atoms with Gasteiger partial charge in [0.05, 0.1) is 5.56 Å². The molecule has 82 valence electrons. The number of aromatic nitrogens is 1. The van der Waals surface area contributed by atoms with Crippen LogP contribution in [0.2, 0.25) is 0 Å². The van der Waals surface area contributed by atoms with E-state index in [0.29, 0.717) is 5.56 Å². The predicted octanol–water partition coefficient (Wildman–Crippen LogP) is 2.47. The lowest BCUT2D eigenvalue weighted by molar-refractivity contribution is 0.1000. The summed E-state index contributed by atoms with van der Waals surface area (Å²) in [6.07, 6.45) is 4.26. The maximum Gasteiger partial charge on any atom is 0.250 e. The molecular formula is C12H12N2OS. The molecular weight excluding hydrogens is 220 g/mol. The van der Waals surface area contributed by atoms with E-state index in [1.165, 1.54) is 11.1 Å². The van der Waals surface area contributed by atoms with Crippen LogP contribution < -0.4 is 5.73 Å². The third-order valence-electron chi connectivity index (χ3n) is 2.32. The molecule has 0 radical (unpaired) electrons. The van der Waals surface area contributed by atoms with Crippen molar-refractivity contribution in [2.75, 3.05) is 0 Å². The van der Waals surface area contributed by atoms with Crippen molar-refractivity contribution in [1.29, 1.82) is 0 Å². The van der Waals surface area contributed by atoms with E-state index in [9.17, 15) is 4.79 Å². The number of carbonyl (C=O) groups excluding carboxylic acids is 1. The van der Waals surface area contributed by atoms with Gasteiger partial charge in [0.25, 0.3) is 0 Å². The van der Waals surface area contributed by atoms with Crippen LogP contribution in [-0.2, 0) is 6.42 Å². The van der Waals surface area contributed by atoms with Gasteiger partial charge in [-0.3, -0.25) is 9.78 Å². The predicted molar refractivity (Wildman–Crippen MR) is 65.4 cm³/mol. The SMILES string of the molecule is CCc1ccc(-c2cncc(C(N)=O)c2)s1. The van der Waals surface area contributed by atoms with Crippen LogP contribution >= 0.6 is 11.3 Å². The summed E-state index contributed by atoms with van der Waals surface area (Å²) in [5, 5.41) is 0. The number of amides is 1. The normalized spacial score (nSPS) is 10.3.